The quantitative estimate of drug-likeness (QED) is 0.712. The molecule has 0 saturated carbocycles. The Kier molecular flexibility index (Phi) is 8.28. The summed E-state index contributed by atoms with van der Waals surface area (Å²) < 4.78 is 10.4. The molecule has 0 spiro atoms. The van der Waals surface area contributed by atoms with Gasteiger partial charge in [0.25, 0.3) is 0 Å². The topological polar surface area (TPSA) is 93.7 Å². The summed E-state index contributed by atoms with van der Waals surface area (Å²) in [6, 6.07) is 7.62. The monoisotopic (exact) mass is 378 g/mol. The number of carbonyl (C=O) groups is 3. The first-order valence-corrected chi connectivity index (χ1v) is 9.00. The first-order valence-electron chi connectivity index (χ1n) is 9.00. The van der Waals surface area contributed by atoms with E-state index in [2.05, 4.69) is 10.6 Å². The van der Waals surface area contributed by atoms with Gasteiger partial charge in [-0.05, 0) is 39.2 Å². The maximum Gasteiger partial charge on any atom is 0.408 e. The summed E-state index contributed by atoms with van der Waals surface area (Å²) in [5.41, 5.74) is 0.196. The smallest absolute Gasteiger partial charge is 0.408 e. The number of amides is 2. The van der Waals surface area contributed by atoms with Crippen molar-refractivity contribution in [2.45, 2.75) is 65.8 Å². The van der Waals surface area contributed by atoms with Crippen molar-refractivity contribution in [1.29, 1.82) is 0 Å². The molecule has 2 N–H and O–H groups in total. The summed E-state index contributed by atoms with van der Waals surface area (Å²) in [6.45, 7) is 10.5. The fourth-order valence-electron chi connectivity index (χ4n) is 2.14. The highest BCUT2D eigenvalue weighted by molar-refractivity contribution is 5.89. The summed E-state index contributed by atoms with van der Waals surface area (Å²) >= 11 is 0. The third kappa shape index (κ3) is 8.57. The van der Waals surface area contributed by atoms with Crippen LogP contribution in [0.1, 0.15) is 47.1 Å². The molecular formula is C20H30N2O5. The van der Waals surface area contributed by atoms with Gasteiger partial charge in [0, 0.05) is 0 Å². The van der Waals surface area contributed by atoms with Crippen LogP contribution in [0.15, 0.2) is 30.3 Å². The maximum absolute atomic E-state index is 12.4. The Morgan fingerprint density at radius 3 is 2.11 bits per heavy atom. The van der Waals surface area contributed by atoms with E-state index in [1.807, 2.05) is 30.3 Å². The Balaban J connectivity index is 2.60. The normalized spacial score (nSPS) is 13.4. The van der Waals surface area contributed by atoms with Crippen molar-refractivity contribution >= 4 is 18.0 Å². The molecule has 0 radical (unpaired) electrons. The largest absolute Gasteiger partial charge is 0.459 e. The van der Waals surface area contributed by atoms with E-state index in [-0.39, 0.29) is 12.5 Å². The molecule has 1 aromatic rings. The molecule has 0 heterocycles. The summed E-state index contributed by atoms with van der Waals surface area (Å²) in [4.78, 5) is 36.5. The summed E-state index contributed by atoms with van der Waals surface area (Å²) in [6.07, 6.45) is -0.696. The molecule has 1 rings (SSSR count). The van der Waals surface area contributed by atoms with Crippen molar-refractivity contribution in [3.63, 3.8) is 0 Å². The molecule has 1 aromatic carbocycles. The van der Waals surface area contributed by atoms with E-state index in [9.17, 15) is 14.4 Å². The lowest BCUT2D eigenvalue weighted by Gasteiger charge is -2.24. The van der Waals surface area contributed by atoms with E-state index in [1.54, 1.807) is 34.6 Å². The van der Waals surface area contributed by atoms with Crippen LogP contribution in [-0.2, 0) is 25.7 Å². The summed E-state index contributed by atoms with van der Waals surface area (Å²) in [5, 5.41) is 5.09. The van der Waals surface area contributed by atoms with Crippen molar-refractivity contribution in [1.82, 2.24) is 10.6 Å². The van der Waals surface area contributed by atoms with Crippen LogP contribution in [0.5, 0.6) is 0 Å². The van der Waals surface area contributed by atoms with Crippen LogP contribution in [0, 0.1) is 5.92 Å². The fourth-order valence-corrected chi connectivity index (χ4v) is 2.14. The highest BCUT2D eigenvalue weighted by atomic mass is 16.6. The summed E-state index contributed by atoms with van der Waals surface area (Å²) in [7, 11) is 0. The van der Waals surface area contributed by atoms with Gasteiger partial charge in [-0.3, -0.25) is 4.79 Å². The third-order valence-corrected chi connectivity index (χ3v) is 3.57. The number of esters is 1. The second-order valence-corrected chi connectivity index (χ2v) is 7.69. The minimum Gasteiger partial charge on any atom is -0.459 e. The lowest BCUT2D eigenvalue weighted by Crippen LogP contribution is -2.53. The number of alkyl carbamates (subject to hydrolysis) is 1. The van der Waals surface area contributed by atoms with Gasteiger partial charge in [-0.2, -0.15) is 0 Å². The molecule has 0 bridgehead atoms. The number of hydrogen-bond donors (Lipinski definition) is 2. The zero-order chi connectivity index (χ0) is 20.6. The Bertz CT molecular complexity index is 638. The van der Waals surface area contributed by atoms with Gasteiger partial charge < -0.3 is 20.1 Å². The molecule has 7 heteroatoms. The fraction of sp³-hybridized carbons (Fsp3) is 0.550. The molecule has 0 unspecified atom stereocenters. The van der Waals surface area contributed by atoms with Gasteiger partial charge in [0.05, 0.1) is 0 Å². The number of hydrogen-bond acceptors (Lipinski definition) is 5. The molecule has 0 aliphatic rings. The average Bonchev–Trinajstić information content (AvgIpc) is 2.56. The molecule has 7 nitrogen and oxygen atoms in total. The van der Waals surface area contributed by atoms with Gasteiger partial charge in [-0.1, -0.05) is 44.2 Å². The van der Waals surface area contributed by atoms with Gasteiger partial charge in [-0.15, -0.1) is 0 Å². The second-order valence-electron chi connectivity index (χ2n) is 7.69. The average molecular weight is 378 g/mol. The molecule has 0 fully saturated rings. The first kappa shape index (κ1) is 22.5. The zero-order valence-corrected chi connectivity index (χ0v) is 16.9. The van der Waals surface area contributed by atoms with E-state index in [0.29, 0.717) is 0 Å². The second kappa shape index (κ2) is 9.94. The number of benzene rings is 1. The number of rotatable bonds is 7. The van der Waals surface area contributed by atoms with Crippen LogP contribution < -0.4 is 10.6 Å². The Hall–Kier alpha value is -2.57. The van der Waals surface area contributed by atoms with Gasteiger partial charge in [0.2, 0.25) is 5.91 Å². The third-order valence-electron chi connectivity index (χ3n) is 3.57. The van der Waals surface area contributed by atoms with Gasteiger partial charge >= 0.3 is 12.1 Å². The van der Waals surface area contributed by atoms with Crippen molar-refractivity contribution < 1.29 is 23.9 Å². The molecule has 0 saturated heterocycles. The molecule has 2 amide bonds. The zero-order valence-electron chi connectivity index (χ0n) is 16.9. The van der Waals surface area contributed by atoms with Crippen molar-refractivity contribution in [2.75, 3.05) is 0 Å². The van der Waals surface area contributed by atoms with Crippen molar-refractivity contribution in [3.8, 4) is 0 Å². The molecule has 150 valence electrons. The molecule has 0 aromatic heterocycles. The Morgan fingerprint density at radius 1 is 1.00 bits per heavy atom. The van der Waals surface area contributed by atoms with Crippen LogP contribution in [-0.4, -0.2) is 35.7 Å². The van der Waals surface area contributed by atoms with Crippen molar-refractivity contribution in [3.05, 3.63) is 35.9 Å². The van der Waals surface area contributed by atoms with Crippen molar-refractivity contribution in [2.24, 2.45) is 5.92 Å². The van der Waals surface area contributed by atoms with E-state index >= 15 is 0 Å². The lowest BCUT2D eigenvalue weighted by atomic mass is 10.0. The minimum atomic E-state index is -0.858. The Morgan fingerprint density at radius 2 is 1.59 bits per heavy atom. The molecule has 27 heavy (non-hydrogen) atoms. The predicted molar refractivity (Wildman–Crippen MR) is 102 cm³/mol. The molecular weight excluding hydrogens is 348 g/mol. The van der Waals surface area contributed by atoms with Gasteiger partial charge in [0.1, 0.15) is 24.3 Å². The van der Waals surface area contributed by atoms with Crippen LogP contribution in [0.3, 0.4) is 0 Å². The standard InChI is InChI=1S/C20H30N2O5/c1-13(2)16(18(24)26-12-15-10-8-7-9-11-15)22-17(23)14(3)21-19(25)27-20(4,5)6/h7-11,13-14,16H,12H2,1-6H3,(H,21,25)(H,22,23)/t14-,16+/m0/s1. The van der Waals surface area contributed by atoms with Gasteiger partial charge in [-0.25, -0.2) is 9.59 Å². The molecule has 2 atom stereocenters. The molecule has 0 aliphatic heterocycles. The van der Waals surface area contributed by atoms with E-state index < -0.39 is 35.7 Å². The van der Waals surface area contributed by atoms with E-state index in [0.717, 1.165) is 5.56 Å². The maximum atomic E-state index is 12.4. The van der Waals surface area contributed by atoms with Crippen LogP contribution in [0.4, 0.5) is 4.79 Å². The van der Waals surface area contributed by atoms with E-state index in [4.69, 9.17) is 9.47 Å². The number of ether oxygens (including phenoxy) is 2. The Labute approximate surface area is 160 Å². The minimum absolute atomic E-state index is 0.129. The van der Waals surface area contributed by atoms with E-state index in [1.165, 1.54) is 6.92 Å². The SMILES string of the molecule is CC(C)[C@@H](NC(=O)[C@H](C)NC(=O)OC(C)(C)C)C(=O)OCc1ccccc1. The number of carbonyl (C=O) groups excluding carboxylic acids is 3. The lowest BCUT2D eigenvalue weighted by molar-refractivity contribution is -0.150. The highest BCUT2D eigenvalue weighted by Gasteiger charge is 2.29. The first-order chi connectivity index (χ1) is 12.5. The van der Waals surface area contributed by atoms with Crippen LogP contribution in [0.2, 0.25) is 0 Å². The molecule has 0 aliphatic carbocycles. The van der Waals surface area contributed by atoms with Crippen LogP contribution >= 0.6 is 0 Å². The highest BCUT2D eigenvalue weighted by Crippen LogP contribution is 2.09. The van der Waals surface area contributed by atoms with Crippen LogP contribution in [0.25, 0.3) is 0 Å². The summed E-state index contributed by atoms with van der Waals surface area (Å²) in [5.74, 6) is -1.19. The number of nitrogens with one attached hydrogen (secondary N) is 2. The van der Waals surface area contributed by atoms with Gasteiger partial charge in [0.15, 0.2) is 0 Å². The predicted octanol–water partition coefficient (Wildman–Crippen LogP) is 2.78.